The molecule has 0 spiro atoms. The van der Waals surface area contributed by atoms with Crippen molar-refractivity contribution in [1.29, 1.82) is 0 Å². The average Bonchev–Trinajstić information content (AvgIpc) is 2.55. The van der Waals surface area contributed by atoms with Crippen LogP contribution in [0.3, 0.4) is 0 Å². The first-order chi connectivity index (χ1) is 7.24. The summed E-state index contributed by atoms with van der Waals surface area (Å²) in [5.41, 5.74) is 2.12. The Labute approximate surface area is 86.8 Å². The number of aldehydes is 1. The van der Waals surface area contributed by atoms with Crippen molar-refractivity contribution in [3.05, 3.63) is 35.5 Å². The number of hydrogen-bond donors (Lipinski definition) is 0. The fraction of sp³-hybridized carbons (Fsp3) is 0.200. The van der Waals surface area contributed by atoms with Crippen LogP contribution in [0.2, 0.25) is 0 Å². The van der Waals surface area contributed by atoms with Gasteiger partial charge in [0.2, 0.25) is 0 Å². The lowest BCUT2D eigenvalue weighted by atomic mass is 10.2. The standard InChI is InChI=1S/C10H10N4O/c1-7-9(5-15)8(2)14(13-7)10-3-4-11-6-12-10/h3-6H,1-2H3. The number of aromatic nitrogens is 4. The Morgan fingerprint density at radius 1 is 1.40 bits per heavy atom. The van der Waals surface area contributed by atoms with Crippen molar-refractivity contribution in [3.63, 3.8) is 0 Å². The molecule has 2 heterocycles. The normalized spacial score (nSPS) is 10.3. The van der Waals surface area contributed by atoms with Crippen LogP contribution in [0.25, 0.3) is 5.82 Å². The van der Waals surface area contributed by atoms with Crippen molar-refractivity contribution in [1.82, 2.24) is 19.7 Å². The highest BCUT2D eigenvalue weighted by Gasteiger charge is 2.11. The van der Waals surface area contributed by atoms with Crippen molar-refractivity contribution >= 4 is 6.29 Å². The minimum Gasteiger partial charge on any atom is -0.298 e. The van der Waals surface area contributed by atoms with Gasteiger partial charge in [0.15, 0.2) is 12.1 Å². The highest BCUT2D eigenvalue weighted by molar-refractivity contribution is 5.78. The van der Waals surface area contributed by atoms with E-state index in [-0.39, 0.29) is 0 Å². The maximum atomic E-state index is 10.8. The zero-order chi connectivity index (χ0) is 10.8. The van der Waals surface area contributed by atoms with E-state index < -0.39 is 0 Å². The third-order valence-electron chi connectivity index (χ3n) is 2.25. The Balaban J connectivity index is 2.60. The zero-order valence-electron chi connectivity index (χ0n) is 8.51. The van der Waals surface area contributed by atoms with Crippen molar-refractivity contribution in [2.75, 3.05) is 0 Å². The van der Waals surface area contributed by atoms with E-state index >= 15 is 0 Å². The zero-order valence-corrected chi connectivity index (χ0v) is 8.51. The molecule has 0 atom stereocenters. The summed E-state index contributed by atoms with van der Waals surface area (Å²) in [6, 6.07) is 1.74. The van der Waals surface area contributed by atoms with Gasteiger partial charge < -0.3 is 0 Å². The van der Waals surface area contributed by atoms with E-state index in [4.69, 9.17) is 0 Å². The maximum Gasteiger partial charge on any atom is 0.156 e. The van der Waals surface area contributed by atoms with Crippen LogP contribution in [-0.4, -0.2) is 26.0 Å². The summed E-state index contributed by atoms with van der Waals surface area (Å²) in [5.74, 6) is 0.665. The van der Waals surface area contributed by atoms with Gasteiger partial charge in [-0.25, -0.2) is 14.6 Å². The van der Waals surface area contributed by atoms with Gasteiger partial charge in [-0.15, -0.1) is 0 Å². The van der Waals surface area contributed by atoms with Crippen LogP contribution in [0.5, 0.6) is 0 Å². The van der Waals surface area contributed by atoms with Gasteiger partial charge in [-0.2, -0.15) is 5.10 Å². The largest absolute Gasteiger partial charge is 0.298 e. The van der Waals surface area contributed by atoms with Crippen molar-refractivity contribution in [2.45, 2.75) is 13.8 Å². The Morgan fingerprint density at radius 3 is 2.73 bits per heavy atom. The van der Waals surface area contributed by atoms with Crippen LogP contribution >= 0.6 is 0 Å². The first kappa shape index (κ1) is 9.51. The van der Waals surface area contributed by atoms with E-state index in [2.05, 4.69) is 15.1 Å². The highest BCUT2D eigenvalue weighted by atomic mass is 16.1. The van der Waals surface area contributed by atoms with Gasteiger partial charge in [-0.3, -0.25) is 4.79 Å². The van der Waals surface area contributed by atoms with Crippen LogP contribution in [0, 0.1) is 13.8 Å². The Morgan fingerprint density at radius 2 is 2.20 bits per heavy atom. The van der Waals surface area contributed by atoms with Gasteiger partial charge in [0, 0.05) is 12.3 Å². The fourth-order valence-electron chi connectivity index (χ4n) is 1.46. The molecule has 0 aliphatic heterocycles. The number of rotatable bonds is 2. The monoisotopic (exact) mass is 202 g/mol. The molecule has 0 fully saturated rings. The molecule has 0 aromatic carbocycles. The lowest BCUT2D eigenvalue weighted by Crippen LogP contribution is -2.02. The molecule has 2 aromatic rings. The number of hydrogen-bond acceptors (Lipinski definition) is 4. The minimum absolute atomic E-state index is 0.619. The summed E-state index contributed by atoms with van der Waals surface area (Å²) in [4.78, 5) is 18.7. The van der Waals surface area contributed by atoms with Crippen molar-refractivity contribution < 1.29 is 4.79 Å². The molecular formula is C10H10N4O. The molecule has 15 heavy (non-hydrogen) atoms. The van der Waals surface area contributed by atoms with Crippen LogP contribution in [0.4, 0.5) is 0 Å². The Kier molecular flexibility index (Phi) is 2.29. The SMILES string of the molecule is Cc1nn(-c2ccncn2)c(C)c1C=O. The predicted octanol–water partition coefficient (Wildman–Crippen LogP) is 1.09. The molecular weight excluding hydrogens is 192 g/mol. The van der Waals surface area contributed by atoms with Gasteiger partial charge in [0.05, 0.1) is 17.0 Å². The third kappa shape index (κ3) is 1.52. The predicted molar refractivity (Wildman–Crippen MR) is 54.0 cm³/mol. The molecule has 0 saturated heterocycles. The third-order valence-corrected chi connectivity index (χ3v) is 2.25. The molecule has 76 valence electrons. The average molecular weight is 202 g/mol. The molecule has 2 aromatic heterocycles. The van der Waals surface area contributed by atoms with Gasteiger partial charge in [-0.1, -0.05) is 0 Å². The van der Waals surface area contributed by atoms with Crippen molar-refractivity contribution in [3.8, 4) is 5.82 Å². The van der Waals surface area contributed by atoms with Crippen LogP contribution < -0.4 is 0 Å². The number of aryl methyl sites for hydroxylation is 1. The van der Waals surface area contributed by atoms with E-state index in [1.54, 1.807) is 23.9 Å². The van der Waals surface area contributed by atoms with Gasteiger partial charge in [0.25, 0.3) is 0 Å². The molecule has 2 rings (SSSR count). The molecule has 0 bridgehead atoms. The van der Waals surface area contributed by atoms with E-state index in [9.17, 15) is 4.79 Å². The molecule has 0 aliphatic rings. The first-order valence-electron chi connectivity index (χ1n) is 4.52. The van der Waals surface area contributed by atoms with Crippen LogP contribution in [0.1, 0.15) is 21.7 Å². The van der Waals surface area contributed by atoms with Crippen LogP contribution in [-0.2, 0) is 0 Å². The molecule has 0 radical (unpaired) electrons. The summed E-state index contributed by atoms with van der Waals surface area (Å²) in [7, 11) is 0. The molecule has 0 N–H and O–H groups in total. The molecule has 0 unspecified atom stereocenters. The summed E-state index contributed by atoms with van der Waals surface area (Å²) >= 11 is 0. The van der Waals surface area contributed by atoms with Gasteiger partial charge in [0.1, 0.15) is 6.33 Å². The summed E-state index contributed by atoms with van der Waals surface area (Å²) in [6.45, 7) is 3.64. The quantitative estimate of drug-likeness (QED) is 0.684. The van der Waals surface area contributed by atoms with Crippen LogP contribution in [0.15, 0.2) is 18.6 Å². The molecule has 5 nitrogen and oxygen atoms in total. The number of nitrogens with zero attached hydrogens (tertiary/aromatic N) is 4. The minimum atomic E-state index is 0.619. The smallest absolute Gasteiger partial charge is 0.156 e. The Hall–Kier alpha value is -2.04. The topological polar surface area (TPSA) is 60.7 Å². The number of carbonyl (C=O) groups excluding carboxylic acids is 1. The molecule has 5 heteroatoms. The first-order valence-corrected chi connectivity index (χ1v) is 4.52. The second-order valence-electron chi connectivity index (χ2n) is 3.18. The van der Waals surface area contributed by atoms with E-state index in [0.717, 1.165) is 12.0 Å². The van der Waals surface area contributed by atoms with E-state index in [0.29, 0.717) is 17.1 Å². The highest BCUT2D eigenvalue weighted by Crippen LogP contribution is 2.13. The Bertz CT molecular complexity index is 490. The molecule has 0 amide bonds. The lowest BCUT2D eigenvalue weighted by molar-refractivity contribution is 0.112. The molecule has 0 saturated carbocycles. The van der Waals surface area contributed by atoms with Crippen molar-refractivity contribution in [2.24, 2.45) is 0 Å². The van der Waals surface area contributed by atoms with E-state index in [1.807, 2.05) is 6.92 Å². The molecule has 0 aliphatic carbocycles. The van der Waals surface area contributed by atoms with E-state index in [1.165, 1.54) is 6.33 Å². The summed E-state index contributed by atoms with van der Waals surface area (Å²) in [6.07, 6.45) is 3.90. The summed E-state index contributed by atoms with van der Waals surface area (Å²) in [5, 5.41) is 4.25. The second-order valence-corrected chi connectivity index (χ2v) is 3.18. The lowest BCUT2D eigenvalue weighted by Gasteiger charge is -2.01. The fourth-order valence-corrected chi connectivity index (χ4v) is 1.46. The second kappa shape index (κ2) is 3.61. The van der Waals surface area contributed by atoms with Gasteiger partial charge >= 0.3 is 0 Å². The number of carbonyl (C=O) groups is 1. The maximum absolute atomic E-state index is 10.8. The van der Waals surface area contributed by atoms with Gasteiger partial charge in [-0.05, 0) is 13.8 Å². The summed E-state index contributed by atoms with van der Waals surface area (Å²) < 4.78 is 1.64.